The summed E-state index contributed by atoms with van der Waals surface area (Å²) in [6.07, 6.45) is 5.94. The Morgan fingerprint density at radius 1 is 1.36 bits per heavy atom. The van der Waals surface area contributed by atoms with E-state index in [0.717, 1.165) is 49.4 Å². The molecule has 0 spiro atoms. The zero-order chi connectivity index (χ0) is 17.2. The van der Waals surface area contributed by atoms with E-state index >= 15 is 0 Å². The number of aromatic nitrogens is 4. The lowest BCUT2D eigenvalue weighted by atomic mass is 10.1. The fourth-order valence-corrected chi connectivity index (χ4v) is 3.65. The van der Waals surface area contributed by atoms with Gasteiger partial charge in [0, 0.05) is 48.9 Å². The van der Waals surface area contributed by atoms with Gasteiger partial charge in [0.15, 0.2) is 0 Å². The van der Waals surface area contributed by atoms with Crippen LogP contribution in [0.25, 0.3) is 10.9 Å². The second-order valence-corrected chi connectivity index (χ2v) is 6.66. The van der Waals surface area contributed by atoms with Crippen LogP contribution < -0.4 is 5.32 Å². The highest BCUT2D eigenvalue weighted by Gasteiger charge is 2.23. The van der Waals surface area contributed by atoms with E-state index in [4.69, 9.17) is 0 Å². The van der Waals surface area contributed by atoms with Crippen molar-refractivity contribution in [3.63, 3.8) is 0 Å². The number of hydrogen-bond acceptors (Lipinski definition) is 3. The number of carbonyl (C=O) groups is 1. The van der Waals surface area contributed by atoms with Crippen LogP contribution in [0.4, 0.5) is 0 Å². The van der Waals surface area contributed by atoms with Gasteiger partial charge in [-0.25, -0.2) is 0 Å². The molecule has 6 heteroatoms. The maximum Gasteiger partial charge on any atom is 0.220 e. The van der Waals surface area contributed by atoms with E-state index in [1.165, 1.54) is 10.9 Å². The summed E-state index contributed by atoms with van der Waals surface area (Å²) in [6, 6.07) is 8.37. The molecule has 3 heterocycles. The third-order valence-electron chi connectivity index (χ3n) is 5.00. The molecule has 0 saturated heterocycles. The molecule has 0 unspecified atom stereocenters. The predicted molar refractivity (Wildman–Crippen MR) is 96.3 cm³/mol. The van der Waals surface area contributed by atoms with Crippen LogP contribution in [0.5, 0.6) is 0 Å². The Hall–Kier alpha value is -2.63. The highest BCUT2D eigenvalue weighted by Crippen LogP contribution is 2.19. The first-order valence-corrected chi connectivity index (χ1v) is 9.00. The lowest BCUT2D eigenvalue weighted by molar-refractivity contribution is -0.122. The number of hydrogen-bond donors (Lipinski definition) is 2. The molecule has 1 aromatic carbocycles. The fourth-order valence-electron chi connectivity index (χ4n) is 3.65. The number of amides is 1. The van der Waals surface area contributed by atoms with Crippen molar-refractivity contribution in [3.05, 3.63) is 47.7 Å². The van der Waals surface area contributed by atoms with Gasteiger partial charge in [-0.3, -0.25) is 4.79 Å². The van der Waals surface area contributed by atoms with Crippen molar-refractivity contribution in [1.29, 1.82) is 0 Å². The van der Waals surface area contributed by atoms with Crippen molar-refractivity contribution in [2.45, 2.75) is 51.6 Å². The second-order valence-electron chi connectivity index (χ2n) is 6.66. The van der Waals surface area contributed by atoms with Crippen LogP contribution >= 0.6 is 0 Å². The first-order chi connectivity index (χ1) is 12.2. The van der Waals surface area contributed by atoms with E-state index in [9.17, 15) is 4.79 Å². The van der Waals surface area contributed by atoms with Crippen LogP contribution in [-0.2, 0) is 30.6 Å². The molecule has 1 aliphatic heterocycles. The molecule has 0 aliphatic carbocycles. The minimum atomic E-state index is 0.116. The molecule has 6 nitrogen and oxygen atoms in total. The Balaban J connectivity index is 1.35. The number of aryl methyl sites for hydroxylation is 3. The van der Waals surface area contributed by atoms with E-state index in [1.807, 2.05) is 18.3 Å². The van der Waals surface area contributed by atoms with Crippen LogP contribution in [0.2, 0.25) is 0 Å². The minimum Gasteiger partial charge on any atom is -0.361 e. The van der Waals surface area contributed by atoms with Crippen LogP contribution in [0.15, 0.2) is 30.5 Å². The van der Waals surface area contributed by atoms with Crippen molar-refractivity contribution in [3.8, 4) is 0 Å². The van der Waals surface area contributed by atoms with Crippen molar-refractivity contribution in [1.82, 2.24) is 25.1 Å². The number of nitrogens with one attached hydrogen (secondary N) is 2. The maximum atomic E-state index is 12.4. The van der Waals surface area contributed by atoms with E-state index in [0.29, 0.717) is 6.42 Å². The SMILES string of the molecule is CCc1nnc2n1C[C@H](NC(=O)CCc1c[nH]c3ccccc13)CC2. The second kappa shape index (κ2) is 6.70. The highest BCUT2D eigenvalue weighted by atomic mass is 16.1. The third-order valence-corrected chi connectivity index (χ3v) is 5.00. The van der Waals surface area contributed by atoms with Gasteiger partial charge in [-0.2, -0.15) is 0 Å². The molecule has 0 fully saturated rings. The first kappa shape index (κ1) is 15.9. The molecule has 25 heavy (non-hydrogen) atoms. The summed E-state index contributed by atoms with van der Waals surface area (Å²) in [6.45, 7) is 2.87. The summed E-state index contributed by atoms with van der Waals surface area (Å²) in [5.74, 6) is 2.17. The largest absolute Gasteiger partial charge is 0.361 e. The quantitative estimate of drug-likeness (QED) is 0.750. The van der Waals surface area contributed by atoms with Gasteiger partial charge >= 0.3 is 0 Å². The van der Waals surface area contributed by atoms with Crippen LogP contribution in [0, 0.1) is 0 Å². The zero-order valence-corrected chi connectivity index (χ0v) is 14.5. The molecule has 0 saturated carbocycles. The molecule has 2 N–H and O–H groups in total. The van der Waals surface area contributed by atoms with Gasteiger partial charge < -0.3 is 14.9 Å². The van der Waals surface area contributed by atoms with Crippen molar-refractivity contribution < 1.29 is 4.79 Å². The number of benzene rings is 1. The summed E-state index contributed by atoms with van der Waals surface area (Å²) in [5, 5.41) is 12.9. The molecule has 130 valence electrons. The summed E-state index contributed by atoms with van der Waals surface area (Å²) >= 11 is 0. The number of nitrogens with zero attached hydrogens (tertiary/aromatic N) is 3. The average Bonchev–Trinajstić information content (AvgIpc) is 3.23. The number of aromatic amines is 1. The lowest BCUT2D eigenvalue weighted by Gasteiger charge is -2.25. The standard InChI is InChI=1S/C19H23N5O/c1-2-17-22-23-18-9-8-14(12-24(17)18)21-19(25)10-7-13-11-20-16-6-4-3-5-15(13)16/h3-6,11,14,20H,2,7-10,12H2,1H3,(H,21,25)/t14-/m1/s1. The zero-order valence-electron chi connectivity index (χ0n) is 14.5. The number of para-hydroxylation sites is 1. The Bertz CT molecular complexity index is 881. The molecule has 1 atom stereocenters. The first-order valence-electron chi connectivity index (χ1n) is 9.00. The molecular formula is C19H23N5O. The van der Waals surface area contributed by atoms with Gasteiger partial charge in [-0.05, 0) is 24.5 Å². The molecule has 2 aromatic heterocycles. The molecule has 3 aromatic rings. The maximum absolute atomic E-state index is 12.4. The molecule has 1 aliphatic rings. The van der Waals surface area contributed by atoms with E-state index in [2.05, 4.69) is 44.1 Å². The smallest absolute Gasteiger partial charge is 0.220 e. The number of rotatable bonds is 5. The summed E-state index contributed by atoms with van der Waals surface area (Å²) in [7, 11) is 0. The van der Waals surface area contributed by atoms with E-state index in [1.54, 1.807) is 0 Å². The van der Waals surface area contributed by atoms with Crippen LogP contribution in [0.3, 0.4) is 0 Å². The highest BCUT2D eigenvalue weighted by molar-refractivity contribution is 5.84. The molecule has 0 radical (unpaired) electrons. The lowest BCUT2D eigenvalue weighted by Crippen LogP contribution is -2.41. The normalized spacial score (nSPS) is 16.8. The molecule has 1 amide bonds. The van der Waals surface area contributed by atoms with Gasteiger partial charge in [-0.15, -0.1) is 10.2 Å². The third kappa shape index (κ3) is 3.16. The number of H-pyrrole nitrogens is 1. The Morgan fingerprint density at radius 2 is 2.24 bits per heavy atom. The topological polar surface area (TPSA) is 75.6 Å². The fraction of sp³-hybridized carbons (Fsp3) is 0.421. The van der Waals surface area contributed by atoms with Gasteiger partial charge in [-0.1, -0.05) is 25.1 Å². The Kier molecular flexibility index (Phi) is 4.26. The Labute approximate surface area is 146 Å². The Morgan fingerprint density at radius 3 is 3.12 bits per heavy atom. The monoisotopic (exact) mass is 337 g/mol. The molecule has 4 rings (SSSR count). The van der Waals surface area contributed by atoms with Gasteiger partial charge in [0.05, 0.1) is 0 Å². The summed E-state index contributed by atoms with van der Waals surface area (Å²) < 4.78 is 2.16. The van der Waals surface area contributed by atoms with Crippen molar-refractivity contribution in [2.24, 2.45) is 0 Å². The van der Waals surface area contributed by atoms with E-state index < -0.39 is 0 Å². The van der Waals surface area contributed by atoms with Crippen LogP contribution in [0.1, 0.15) is 37.0 Å². The van der Waals surface area contributed by atoms with Crippen molar-refractivity contribution in [2.75, 3.05) is 0 Å². The van der Waals surface area contributed by atoms with Gasteiger partial charge in [0.25, 0.3) is 0 Å². The van der Waals surface area contributed by atoms with Crippen molar-refractivity contribution >= 4 is 16.8 Å². The summed E-state index contributed by atoms with van der Waals surface area (Å²) in [5.41, 5.74) is 2.32. The van der Waals surface area contributed by atoms with Crippen LogP contribution in [-0.4, -0.2) is 31.7 Å². The van der Waals surface area contributed by atoms with Gasteiger partial charge in [0.1, 0.15) is 11.6 Å². The minimum absolute atomic E-state index is 0.116. The molecule has 0 bridgehead atoms. The summed E-state index contributed by atoms with van der Waals surface area (Å²) in [4.78, 5) is 15.7. The average molecular weight is 337 g/mol. The number of fused-ring (bicyclic) bond motifs is 2. The molecular weight excluding hydrogens is 314 g/mol. The van der Waals surface area contributed by atoms with E-state index in [-0.39, 0.29) is 11.9 Å². The predicted octanol–water partition coefficient (Wildman–Crippen LogP) is 2.39. The number of carbonyl (C=O) groups excluding carboxylic acids is 1. The van der Waals surface area contributed by atoms with Gasteiger partial charge in [0.2, 0.25) is 5.91 Å².